The van der Waals surface area contributed by atoms with E-state index in [1.807, 2.05) is 0 Å². The second kappa shape index (κ2) is 3.72. The first kappa shape index (κ1) is 8.53. The molecule has 0 saturated carbocycles. The van der Waals surface area contributed by atoms with E-state index < -0.39 is 0 Å². The van der Waals surface area contributed by atoms with Crippen molar-refractivity contribution in [2.45, 2.75) is 32.9 Å². The van der Waals surface area contributed by atoms with E-state index in [0.717, 1.165) is 25.9 Å². The van der Waals surface area contributed by atoms with Gasteiger partial charge in [-0.15, -0.1) is 0 Å². The molecule has 0 aliphatic carbocycles. The van der Waals surface area contributed by atoms with Crippen LogP contribution in [0.4, 0.5) is 0 Å². The third kappa shape index (κ3) is 2.19. The van der Waals surface area contributed by atoms with Gasteiger partial charge < -0.3 is 4.74 Å². The molecule has 0 radical (unpaired) electrons. The molecule has 1 saturated heterocycles. The summed E-state index contributed by atoms with van der Waals surface area (Å²) in [5, 5.41) is 0. The van der Waals surface area contributed by atoms with Crippen molar-refractivity contribution < 1.29 is 9.53 Å². The highest BCUT2D eigenvalue weighted by Crippen LogP contribution is 2.17. The van der Waals surface area contributed by atoms with Crippen LogP contribution in [-0.4, -0.2) is 30.2 Å². The largest absolute Gasteiger partial charge is 0.447 e. The van der Waals surface area contributed by atoms with Crippen LogP contribution in [0.15, 0.2) is 0 Å². The molecule has 1 rings (SSSR count). The molecule has 0 aromatic carbocycles. The number of hydrogen-bond donors (Lipinski definition) is 0. The number of rotatable bonds is 2. The van der Waals surface area contributed by atoms with Gasteiger partial charge in [-0.05, 0) is 19.4 Å². The van der Waals surface area contributed by atoms with Gasteiger partial charge in [-0.25, -0.2) is 0 Å². The Morgan fingerprint density at radius 3 is 3.00 bits per heavy atom. The van der Waals surface area contributed by atoms with Gasteiger partial charge in [0, 0.05) is 13.5 Å². The average molecular weight is 157 g/mol. The Balaban J connectivity index is 2.37. The molecule has 0 spiro atoms. The summed E-state index contributed by atoms with van der Waals surface area (Å²) in [6, 6.07) is 0. The molecule has 64 valence electrons. The number of likely N-dealkylation sites (tertiary alicyclic amines) is 1. The van der Waals surface area contributed by atoms with E-state index in [1.54, 1.807) is 0 Å². The third-order valence-corrected chi connectivity index (χ3v) is 2.01. The summed E-state index contributed by atoms with van der Waals surface area (Å²) < 4.78 is 5.10. The lowest BCUT2D eigenvalue weighted by molar-refractivity contribution is -0.153. The van der Waals surface area contributed by atoms with E-state index in [2.05, 4.69) is 11.8 Å². The van der Waals surface area contributed by atoms with E-state index in [9.17, 15) is 4.79 Å². The molecule has 0 aromatic rings. The van der Waals surface area contributed by atoms with Crippen molar-refractivity contribution in [3.8, 4) is 0 Å². The summed E-state index contributed by atoms with van der Waals surface area (Å²) in [6.07, 6.45) is 2.19. The predicted octanol–water partition coefficient (Wildman–Crippen LogP) is 0.991. The summed E-state index contributed by atoms with van der Waals surface area (Å²) in [5.41, 5.74) is 0. The Kier molecular flexibility index (Phi) is 2.88. The van der Waals surface area contributed by atoms with Crippen LogP contribution in [0, 0.1) is 0 Å². The number of esters is 1. The smallest absolute Gasteiger partial charge is 0.304 e. The first-order valence-electron chi connectivity index (χ1n) is 4.15. The van der Waals surface area contributed by atoms with E-state index in [-0.39, 0.29) is 12.2 Å². The molecule has 1 heterocycles. The third-order valence-electron chi connectivity index (χ3n) is 2.01. The molecule has 1 aliphatic rings. The first-order valence-corrected chi connectivity index (χ1v) is 4.15. The Morgan fingerprint density at radius 2 is 2.45 bits per heavy atom. The van der Waals surface area contributed by atoms with Crippen LogP contribution in [0.25, 0.3) is 0 Å². The zero-order chi connectivity index (χ0) is 8.27. The fourth-order valence-electron chi connectivity index (χ4n) is 1.48. The quantitative estimate of drug-likeness (QED) is 0.560. The monoisotopic (exact) mass is 157 g/mol. The van der Waals surface area contributed by atoms with Crippen molar-refractivity contribution in [2.75, 3.05) is 13.1 Å². The van der Waals surface area contributed by atoms with E-state index in [4.69, 9.17) is 4.74 Å². The number of nitrogens with zero attached hydrogens (tertiary/aromatic N) is 1. The molecule has 1 aliphatic heterocycles. The van der Waals surface area contributed by atoms with Crippen LogP contribution in [-0.2, 0) is 9.53 Å². The number of carbonyl (C=O) groups excluding carboxylic acids is 1. The van der Waals surface area contributed by atoms with Crippen molar-refractivity contribution in [1.82, 2.24) is 4.90 Å². The van der Waals surface area contributed by atoms with Crippen LogP contribution in [0.5, 0.6) is 0 Å². The molecular weight excluding hydrogens is 142 g/mol. The fourth-order valence-corrected chi connectivity index (χ4v) is 1.48. The molecule has 3 nitrogen and oxygen atoms in total. The highest BCUT2D eigenvalue weighted by Gasteiger charge is 2.24. The van der Waals surface area contributed by atoms with Crippen LogP contribution < -0.4 is 0 Å². The van der Waals surface area contributed by atoms with E-state index in [0.29, 0.717) is 0 Å². The lowest BCUT2D eigenvalue weighted by atomic mass is 10.4. The van der Waals surface area contributed by atoms with Gasteiger partial charge in [0.05, 0.1) is 0 Å². The summed E-state index contributed by atoms with van der Waals surface area (Å²) in [6.45, 7) is 5.58. The minimum Gasteiger partial charge on any atom is -0.447 e. The lowest BCUT2D eigenvalue weighted by Crippen LogP contribution is -2.32. The maximum absolute atomic E-state index is 10.6. The van der Waals surface area contributed by atoms with E-state index >= 15 is 0 Å². The zero-order valence-electron chi connectivity index (χ0n) is 7.17. The molecule has 0 amide bonds. The Labute approximate surface area is 67.3 Å². The van der Waals surface area contributed by atoms with Gasteiger partial charge in [0.2, 0.25) is 0 Å². The normalized spacial score (nSPS) is 25.5. The van der Waals surface area contributed by atoms with Gasteiger partial charge in [-0.1, -0.05) is 6.92 Å². The van der Waals surface area contributed by atoms with E-state index in [1.165, 1.54) is 6.92 Å². The van der Waals surface area contributed by atoms with Gasteiger partial charge in [0.1, 0.15) is 0 Å². The second-order valence-electron chi connectivity index (χ2n) is 2.83. The van der Waals surface area contributed by atoms with Crippen LogP contribution >= 0.6 is 0 Å². The summed E-state index contributed by atoms with van der Waals surface area (Å²) in [7, 11) is 0. The average Bonchev–Trinajstić information content (AvgIpc) is 2.34. The van der Waals surface area contributed by atoms with Gasteiger partial charge in [0.15, 0.2) is 6.23 Å². The molecule has 11 heavy (non-hydrogen) atoms. The topological polar surface area (TPSA) is 29.5 Å². The van der Waals surface area contributed by atoms with Gasteiger partial charge in [-0.3, -0.25) is 9.69 Å². The van der Waals surface area contributed by atoms with Crippen molar-refractivity contribution >= 4 is 5.97 Å². The van der Waals surface area contributed by atoms with Gasteiger partial charge in [0.25, 0.3) is 0 Å². The second-order valence-corrected chi connectivity index (χ2v) is 2.83. The first-order chi connectivity index (χ1) is 5.24. The molecule has 1 fully saturated rings. The highest BCUT2D eigenvalue weighted by molar-refractivity contribution is 5.66. The Bertz CT molecular complexity index is 147. The minimum absolute atomic E-state index is 0.0532. The highest BCUT2D eigenvalue weighted by atomic mass is 16.6. The summed E-state index contributed by atoms with van der Waals surface area (Å²) in [5.74, 6) is -0.171. The molecule has 1 atom stereocenters. The van der Waals surface area contributed by atoms with Crippen LogP contribution in [0.2, 0.25) is 0 Å². The summed E-state index contributed by atoms with van der Waals surface area (Å²) >= 11 is 0. The minimum atomic E-state index is -0.171. The molecule has 3 heteroatoms. The molecule has 0 aromatic heterocycles. The van der Waals surface area contributed by atoms with Crippen molar-refractivity contribution in [3.05, 3.63) is 0 Å². The molecule has 0 N–H and O–H groups in total. The number of ether oxygens (including phenoxy) is 1. The van der Waals surface area contributed by atoms with Crippen LogP contribution in [0.1, 0.15) is 26.7 Å². The fraction of sp³-hybridized carbons (Fsp3) is 0.875. The van der Waals surface area contributed by atoms with Crippen LogP contribution in [0.3, 0.4) is 0 Å². The summed E-state index contributed by atoms with van der Waals surface area (Å²) in [4.78, 5) is 12.8. The number of hydrogen-bond acceptors (Lipinski definition) is 3. The molecule has 0 bridgehead atoms. The Morgan fingerprint density at radius 1 is 1.73 bits per heavy atom. The van der Waals surface area contributed by atoms with Crippen molar-refractivity contribution in [1.29, 1.82) is 0 Å². The molecule has 1 unspecified atom stereocenters. The Hall–Kier alpha value is -0.570. The standard InChI is InChI=1S/C8H15NO2/c1-3-9-6-4-5-8(9)11-7(2)10/h8H,3-6H2,1-2H3. The maximum atomic E-state index is 10.6. The van der Waals surface area contributed by atoms with Gasteiger partial charge in [-0.2, -0.15) is 0 Å². The maximum Gasteiger partial charge on any atom is 0.304 e. The lowest BCUT2D eigenvalue weighted by Gasteiger charge is -2.21. The van der Waals surface area contributed by atoms with Crippen molar-refractivity contribution in [2.24, 2.45) is 0 Å². The SMILES string of the molecule is CCN1CCCC1OC(C)=O. The van der Waals surface area contributed by atoms with Gasteiger partial charge >= 0.3 is 5.97 Å². The van der Waals surface area contributed by atoms with Crippen molar-refractivity contribution in [3.63, 3.8) is 0 Å². The predicted molar refractivity (Wildman–Crippen MR) is 42.0 cm³/mol. The number of carbonyl (C=O) groups is 1. The molecular formula is C8H15NO2. The zero-order valence-corrected chi connectivity index (χ0v) is 7.17.